The van der Waals surface area contributed by atoms with Crippen molar-refractivity contribution in [3.63, 3.8) is 0 Å². The van der Waals surface area contributed by atoms with E-state index in [4.69, 9.17) is 0 Å². The molecule has 2 N–H and O–H groups in total. The molecule has 0 unspecified atom stereocenters. The molecule has 0 bridgehead atoms. The number of hydrogen-bond acceptors (Lipinski definition) is 2. The van der Waals surface area contributed by atoms with Gasteiger partial charge in [-0.05, 0) is 56.5 Å². The van der Waals surface area contributed by atoms with Gasteiger partial charge in [-0.25, -0.2) is 0 Å². The third-order valence-electron chi connectivity index (χ3n) is 3.53. The van der Waals surface area contributed by atoms with Crippen molar-refractivity contribution in [3.05, 3.63) is 58.7 Å². The zero-order valence-electron chi connectivity index (χ0n) is 12.9. The predicted octanol–water partition coefficient (Wildman–Crippen LogP) is 4.44. The molecule has 0 aliphatic heterocycles. The molecule has 106 valence electrons. The van der Waals surface area contributed by atoms with E-state index in [2.05, 4.69) is 74.7 Å². The van der Waals surface area contributed by atoms with E-state index in [-0.39, 0.29) is 0 Å². The number of aryl methyl sites for hydroxylation is 4. The van der Waals surface area contributed by atoms with Crippen LogP contribution in [0.25, 0.3) is 0 Å². The zero-order valence-corrected chi connectivity index (χ0v) is 12.9. The third kappa shape index (κ3) is 3.77. The molecule has 2 aromatic carbocycles. The van der Waals surface area contributed by atoms with E-state index < -0.39 is 0 Å². The van der Waals surface area contributed by atoms with Gasteiger partial charge in [0.1, 0.15) is 0 Å². The van der Waals surface area contributed by atoms with Crippen LogP contribution in [0.5, 0.6) is 0 Å². The lowest BCUT2D eigenvalue weighted by atomic mass is 10.1. The van der Waals surface area contributed by atoms with Gasteiger partial charge < -0.3 is 10.6 Å². The van der Waals surface area contributed by atoms with E-state index in [0.29, 0.717) is 0 Å². The Morgan fingerprint density at radius 2 is 1.25 bits per heavy atom. The Hall–Kier alpha value is -1.96. The van der Waals surface area contributed by atoms with Crippen molar-refractivity contribution < 1.29 is 0 Å². The molecule has 0 spiro atoms. The van der Waals surface area contributed by atoms with E-state index in [1.807, 2.05) is 0 Å². The van der Waals surface area contributed by atoms with Crippen molar-refractivity contribution in [3.8, 4) is 0 Å². The van der Waals surface area contributed by atoms with Gasteiger partial charge in [-0.2, -0.15) is 0 Å². The van der Waals surface area contributed by atoms with Crippen molar-refractivity contribution in [1.29, 1.82) is 0 Å². The van der Waals surface area contributed by atoms with Gasteiger partial charge in [-0.1, -0.05) is 29.8 Å². The molecule has 0 fully saturated rings. The molecule has 0 saturated carbocycles. The van der Waals surface area contributed by atoms with Crippen molar-refractivity contribution in [1.82, 2.24) is 0 Å². The van der Waals surface area contributed by atoms with Gasteiger partial charge in [-0.15, -0.1) is 0 Å². The molecular formula is C18H24N2. The molecule has 0 aliphatic rings. The average Bonchev–Trinajstić information content (AvgIpc) is 2.40. The summed E-state index contributed by atoms with van der Waals surface area (Å²) in [6, 6.07) is 13.0. The predicted molar refractivity (Wildman–Crippen MR) is 88.8 cm³/mol. The summed E-state index contributed by atoms with van der Waals surface area (Å²) in [5.74, 6) is 0. The summed E-state index contributed by atoms with van der Waals surface area (Å²) in [6.45, 7) is 10.4. The summed E-state index contributed by atoms with van der Waals surface area (Å²) in [6.07, 6.45) is 0. The highest BCUT2D eigenvalue weighted by molar-refractivity contribution is 5.54. The van der Waals surface area contributed by atoms with E-state index >= 15 is 0 Å². The molecule has 0 saturated heterocycles. The number of benzene rings is 2. The van der Waals surface area contributed by atoms with Crippen LogP contribution < -0.4 is 10.6 Å². The van der Waals surface area contributed by atoms with Crippen LogP contribution in [0.3, 0.4) is 0 Å². The van der Waals surface area contributed by atoms with Gasteiger partial charge in [-0.3, -0.25) is 0 Å². The van der Waals surface area contributed by atoms with E-state index in [0.717, 1.165) is 13.1 Å². The fourth-order valence-corrected chi connectivity index (χ4v) is 2.33. The van der Waals surface area contributed by atoms with Gasteiger partial charge >= 0.3 is 0 Å². The molecule has 2 rings (SSSR count). The molecule has 2 nitrogen and oxygen atoms in total. The highest BCUT2D eigenvalue weighted by Crippen LogP contribution is 2.17. The molecule has 2 aromatic rings. The lowest BCUT2D eigenvalue weighted by Crippen LogP contribution is -2.14. The Bertz CT molecular complexity index is 588. The minimum Gasteiger partial charge on any atom is -0.383 e. The van der Waals surface area contributed by atoms with Crippen LogP contribution in [0.15, 0.2) is 36.4 Å². The third-order valence-corrected chi connectivity index (χ3v) is 3.53. The summed E-state index contributed by atoms with van der Waals surface area (Å²) >= 11 is 0. The normalized spacial score (nSPS) is 10.4. The van der Waals surface area contributed by atoms with Crippen LogP contribution >= 0.6 is 0 Å². The van der Waals surface area contributed by atoms with E-state index in [1.54, 1.807) is 0 Å². The topological polar surface area (TPSA) is 24.1 Å². The maximum absolute atomic E-state index is 3.49. The first kappa shape index (κ1) is 14.4. The molecule has 0 atom stereocenters. The van der Waals surface area contributed by atoms with Crippen molar-refractivity contribution in [2.75, 3.05) is 23.7 Å². The van der Waals surface area contributed by atoms with Gasteiger partial charge in [0.25, 0.3) is 0 Å². The summed E-state index contributed by atoms with van der Waals surface area (Å²) in [5, 5.41) is 6.97. The van der Waals surface area contributed by atoms with Gasteiger partial charge in [0, 0.05) is 24.5 Å². The Morgan fingerprint density at radius 3 is 1.95 bits per heavy atom. The molecule has 0 amide bonds. The average molecular weight is 268 g/mol. The second-order valence-corrected chi connectivity index (χ2v) is 5.49. The van der Waals surface area contributed by atoms with Crippen LogP contribution in [0.2, 0.25) is 0 Å². The molecule has 2 heteroatoms. The monoisotopic (exact) mass is 268 g/mol. The van der Waals surface area contributed by atoms with Gasteiger partial charge in [0.15, 0.2) is 0 Å². The first-order valence-electron chi connectivity index (χ1n) is 7.18. The minimum atomic E-state index is 0.914. The van der Waals surface area contributed by atoms with Gasteiger partial charge in [0.2, 0.25) is 0 Å². The highest BCUT2D eigenvalue weighted by atomic mass is 14.9. The van der Waals surface area contributed by atoms with Crippen LogP contribution in [0.4, 0.5) is 11.4 Å². The van der Waals surface area contributed by atoms with Crippen molar-refractivity contribution in [2.24, 2.45) is 0 Å². The molecule has 0 aliphatic carbocycles. The van der Waals surface area contributed by atoms with Crippen LogP contribution in [0.1, 0.15) is 22.3 Å². The lowest BCUT2D eigenvalue weighted by Gasteiger charge is -2.13. The second-order valence-electron chi connectivity index (χ2n) is 5.49. The molecule has 0 radical (unpaired) electrons. The second kappa shape index (κ2) is 6.47. The number of anilines is 2. The summed E-state index contributed by atoms with van der Waals surface area (Å²) < 4.78 is 0. The fourth-order valence-electron chi connectivity index (χ4n) is 2.33. The number of hydrogen-bond donors (Lipinski definition) is 2. The maximum atomic E-state index is 3.49. The van der Waals surface area contributed by atoms with Crippen LogP contribution in [0, 0.1) is 27.7 Å². The molecular weight excluding hydrogens is 244 g/mol. The number of rotatable bonds is 5. The Kier molecular flexibility index (Phi) is 4.67. The lowest BCUT2D eigenvalue weighted by molar-refractivity contribution is 1.07. The van der Waals surface area contributed by atoms with E-state index in [9.17, 15) is 0 Å². The standard InChI is InChI=1S/C18H24N2/c1-13-6-8-17(16(4)11-13)19-9-10-20-18-12-14(2)5-7-15(18)3/h5-8,11-12,19-20H,9-10H2,1-4H3. The summed E-state index contributed by atoms with van der Waals surface area (Å²) in [5.41, 5.74) is 7.65. The summed E-state index contributed by atoms with van der Waals surface area (Å²) in [7, 11) is 0. The number of nitrogens with one attached hydrogen (secondary N) is 2. The Labute approximate surface area is 122 Å². The zero-order chi connectivity index (χ0) is 14.5. The Morgan fingerprint density at radius 1 is 0.650 bits per heavy atom. The van der Waals surface area contributed by atoms with Crippen LogP contribution in [-0.4, -0.2) is 13.1 Å². The van der Waals surface area contributed by atoms with Gasteiger partial charge in [0.05, 0.1) is 0 Å². The molecule has 20 heavy (non-hydrogen) atoms. The quantitative estimate of drug-likeness (QED) is 0.783. The fraction of sp³-hybridized carbons (Fsp3) is 0.333. The smallest absolute Gasteiger partial charge is 0.0373 e. The van der Waals surface area contributed by atoms with Crippen LogP contribution in [-0.2, 0) is 0 Å². The maximum Gasteiger partial charge on any atom is 0.0373 e. The SMILES string of the molecule is Cc1ccc(NCCNc2cc(C)ccc2C)c(C)c1. The highest BCUT2D eigenvalue weighted by Gasteiger charge is 1.99. The minimum absolute atomic E-state index is 0.914. The summed E-state index contributed by atoms with van der Waals surface area (Å²) in [4.78, 5) is 0. The largest absolute Gasteiger partial charge is 0.383 e. The van der Waals surface area contributed by atoms with Crippen molar-refractivity contribution >= 4 is 11.4 Å². The molecule has 0 aromatic heterocycles. The first-order valence-corrected chi connectivity index (χ1v) is 7.18. The first-order chi connectivity index (χ1) is 9.56. The Balaban J connectivity index is 1.86. The van der Waals surface area contributed by atoms with Crippen molar-refractivity contribution in [2.45, 2.75) is 27.7 Å². The van der Waals surface area contributed by atoms with E-state index in [1.165, 1.54) is 33.6 Å². The molecule has 0 heterocycles.